The maximum atomic E-state index is 11.3. The van der Waals surface area contributed by atoms with Crippen LogP contribution < -0.4 is 0 Å². The van der Waals surface area contributed by atoms with Gasteiger partial charge in [-0.2, -0.15) is 0 Å². The van der Waals surface area contributed by atoms with E-state index < -0.39 is 5.97 Å². The molecular weight excluding hydrogens is 228 g/mol. The summed E-state index contributed by atoms with van der Waals surface area (Å²) < 4.78 is 1.91. The number of hydrogen-bond donors (Lipinski definition) is 1. The Balaban J connectivity index is 2.64. The number of nitrogens with zero attached hydrogens (tertiary/aromatic N) is 2. The van der Waals surface area contributed by atoms with Gasteiger partial charge in [0.15, 0.2) is 5.69 Å². The third-order valence-electron chi connectivity index (χ3n) is 3.33. The fraction of sp³-hybridized carbons (Fsp3) is 0.143. The van der Waals surface area contributed by atoms with Crippen LogP contribution in [0.15, 0.2) is 30.5 Å². The van der Waals surface area contributed by atoms with Gasteiger partial charge in [-0.15, -0.1) is 0 Å². The molecule has 2 heterocycles. The van der Waals surface area contributed by atoms with Crippen LogP contribution in [-0.4, -0.2) is 20.6 Å². The minimum absolute atomic E-state index is 0.102. The quantitative estimate of drug-likeness (QED) is 0.711. The van der Waals surface area contributed by atoms with Crippen LogP contribution in [0.2, 0.25) is 0 Å². The molecule has 0 fully saturated rings. The largest absolute Gasteiger partial charge is 0.476 e. The number of hydrogen-bond acceptors (Lipinski definition) is 2. The lowest BCUT2D eigenvalue weighted by Gasteiger charge is -2.02. The van der Waals surface area contributed by atoms with Gasteiger partial charge in [-0.3, -0.25) is 0 Å². The van der Waals surface area contributed by atoms with E-state index in [-0.39, 0.29) is 5.69 Å². The third kappa shape index (κ3) is 1.26. The van der Waals surface area contributed by atoms with Crippen LogP contribution in [0, 0.1) is 6.92 Å². The van der Waals surface area contributed by atoms with Crippen molar-refractivity contribution in [3.63, 3.8) is 0 Å². The number of aromatic carboxylic acids is 1. The number of aryl methyl sites for hydroxylation is 2. The summed E-state index contributed by atoms with van der Waals surface area (Å²) >= 11 is 0. The first-order valence-electron chi connectivity index (χ1n) is 5.67. The van der Waals surface area contributed by atoms with Crippen LogP contribution >= 0.6 is 0 Å². The molecule has 1 N–H and O–H groups in total. The Kier molecular flexibility index (Phi) is 2.13. The standard InChI is InChI=1S/C14H12N2O2/c1-8-4-3-5-9-10-6-7-15-11(14(17)18)13(10)16(2)12(8)9/h3-7H,1-2H3,(H,17,18). The van der Waals surface area contributed by atoms with E-state index in [4.69, 9.17) is 0 Å². The predicted molar refractivity (Wildman–Crippen MR) is 69.9 cm³/mol. The maximum Gasteiger partial charge on any atom is 0.356 e. The molecule has 0 amide bonds. The highest BCUT2D eigenvalue weighted by atomic mass is 16.4. The van der Waals surface area contributed by atoms with Crippen LogP contribution in [0.4, 0.5) is 0 Å². The number of para-hydroxylation sites is 1. The maximum absolute atomic E-state index is 11.3. The van der Waals surface area contributed by atoms with E-state index in [9.17, 15) is 9.90 Å². The van der Waals surface area contributed by atoms with E-state index in [1.54, 1.807) is 6.20 Å². The highest BCUT2D eigenvalue weighted by Gasteiger charge is 2.17. The molecule has 3 aromatic rings. The van der Waals surface area contributed by atoms with Gasteiger partial charge in [0, 0.05) is 24.0 Å². The Morgan fingerprint density at radius 1 is 1.22 bits per heavy atom. The molecule has 0 aliphatic rings. The van der Waals surface area contributed by atoms with Gasteiger partial charge in [-0.05, 0) is 18.6 Å². The highest BCUT2D eigenvalue weighted by molar-refractivity contribution is 6.13. The van der Waals surface area contributed by atoms with Gasteiger partial charge < -0.3 is 9.67 Å². The van der Waals surface area contributed by atoms with Crippen molar-refractivity contribution >= 4 is 27.8 Å². The number of pyridine rings is 1. The Morgan fingerprint density at radius 3 is 2.67 bits per heavy atom. The monoisotopic (exact) mass is 240 g/mol. The van der Waals surface area contributed by atoms with Crippen LogP contribution in [0.5, 0.6) is 0 Å². The van der Waals surface area contributed by atoms with E-state index in [0.717, 1.165) is 21.9 Å². The molecule has 0 spiro atoms. The van der Waals surface area contributed by atoms with Crippen molar-refractivity contribution in [2.24, 2.45) is 7.05 Å². The van der Waals surface area contributed by atoms with Crippen molar-refractivity contribution in [3.8, 4) is 0 Å². The summed E-state index contributed by atoms with van der Waals surface area (Å²) in [4.78, 5) is 15.2. The second kappa shape index (κ2) is 3.57. The van der Waals surface area contributed by atoms with Crippen LogP contribution in [0.1, 0.15) is 16.1 Å². The van der Waals surface area contributed by atoms with Crippen LogP contribution in [-0.2, 0) is 7.05 Å². The molecule has 4 nitrogen and oxygen atoms in total. The van der Waals surface area contributed by atoms with Gasteiger partial charge in [0.1, 0.15) is 0 Å². The van der Waals surface area contributed by atoms with Crippen molar-refractivity contribution in [3.05, 3.63) is 41.7 Å². The number of carbonyl (C=O) groups is 1. The fourth-order valence-electron chi connectivity index (χ4n) is 2.60. The number of rotatable bonds is 1. The second-order valence-electron chi connectivity index (χ2n) is 4.39. The molecule has 2 aromatic heterocycles. The molecule has 1 aromatic carbocycles. The molecular formula is C14H12N2O2. The average Bonchev–Trinajstić information content (AvgIpc) is 2.65. The fourth-order valence-corrected chi connectivity index (χ4v) is 2.60. The van der Waals surface area contributed by atoms with Crippen molar-refractivity contribution in [2.75, 3.05) is 0 Å². The minimum atomic E-state index is -0.996. The SMILES string of the molecule is Cc1cccc2c3ccnc(C(=O)O)c3n(C)c12. The molecule has 90 valence electrons. The van der Waals surface area contributed by atoms with Gasteiger partial charge in [0.05, 0.1) is 11.0 Å². The first-order valence-corrected chi connectivity index (χ1v) is 5.67. The summed E-state index contributed by atoms with van der Waals surface area (Å²) in [5.74, 6) is -0.996. The Bertz CT molecular complexity index is 787. The molecule has 3 rings (SSSR count). The lowest BCUT2D eigenvalue weighted by atomic mass is 10.1. The van der Waals surface area contributed by atoms with Gasteiger partial charge in [0.2, 0.25) is 0 Å². The zero-order valence-electron chi connectivity index (χ0n) is 10.1. The first kappa shape index (κ1) is 10.8. The molecule has 0 bridgehead atoms. The van der Waals surface area contributed by atoms with E-state index in [1.165, 1.54) is 0 Å². The van der Waals surface area contributed by atoms with Gasteiger partial charge in [-0.1, -0.05) is 18.2 Å². The summed E-state index contributed by atoms with van der Waals surface area (Å²) in [5.41, 5.74) is 2.96. The number of carboxylic acids is 1. The van der Waals surface area contributed by atoms with Crippen molar-refractivity contribution in [1.82, 2.24) is 9.55 Å². The van der Waals surface area contributed by atoms with Crippen LogP contribution in [0.25, 0.3) is 21.8 Å². The van der Waals surface area contributed by atoms with Crippen LogP contribution in [0.3, 0.4) is 0 Å². The molecule has 0 saturated heterocycles. The molecule has 0 aliphatic carbocycles. The molecule has 18 heavy (non-hydrogen) atoms. The number of benzene rings is 1. The van der Waals surface area contributed by atoms with E-state index in [1.807, 2.05) is 42.8 Å². The Hall–Kier alpha value is -2.36. The van der Waals surface area contributed by atoms with Crippen molar-refractivity contribution in [1.29, 1.82) is 0 Å². The summed E-state index contributed by atoms with van der Waals surface area (Å²) in [5, 5.41) is 11.2. The van der Waals surface area contributed by atoms with E-state index >= 15 is 0 Å². The van der Waals surface area contributed by atoms with E-state index in [0.29, 0.717) is 5.52 Å². The van der Waals surface area contributed by atoms with Crippen molar-refractivity contribution in [2.45, 2.75) is 6.92 Å². The molecule has 0 aliphatic heterocycles. The highest BCUT2D eigenvalue weighted by Crippen LogP contribution is 2.31. The van der Waals surface area contributed by atoms with Gasteiger partial charge >= 0.3 is 5.97 Å². The molecule has 0 atom stereocenters. The molecule has 0 radical (unpaired) electrons. The lowest BCUT2D eigenvalue weighted by molar-refractivity contribution is 0.0692. The van der Waals surface area contributed by atoms with Gasteiger partial charge in [-0.25, -0.2) is 9.78 Å². The Labute approximate surface area is 103 Å². The molecule has 0 unspecified atom stereocenters. The zero-order chi connectivity index (χ0) is 12.9. The third-order valence-corrected chi connectivity index (χ3v) is 3.33. The normalized spacial score (nSPS) is 11.2. The summed E-state index contributed by atoms with van der Waals surface area (Å²) in [7, 11) is 1.88. The van der Waals surface area contributed by atoms with Gasteiger partial charge in [0.25, 0.3) is 0 Å². The lowest BCUT2D eigenvalue weighted by Crippen LogP contribution is -2.03. The average molecular weight is 240 g/mol. The second-order valence-corrected chi connectivity index (χ2v) is 4.39. The summed E-state index contributed by atoms with van der Waals surface area (Å²) in [6.45, 7) is 2.02. The van der Waals surface area contributed by atoms with Crippen molar-refractivity contribution < 1.29 is 9.90 Å². The topological polar surface area (TPSA) is 55.1 Å². The minimum Gasteiger partial charge on any atom is -0.476 e. The molecule has 4 heteroatoms. The first-order chi connectivity index (χ1) is 8.61. The predicted octanol–water partition coefficient (Wildman–Crippen LogP) is 2.73. The summed E-state index contributed by atoms with van der Waals surface area (Å²) in [6.07, 6.45) is 1.55. The summed E-state index contributed by atoms with van der Waals surface area (Å²) in [6, 6.07) is 7.88. The Morgan fingerprint density at radius 2 is 1.94 bits per heavy atom. The number of aromatic nitrogens is 2. The molecule has 0 saturated carbocycles. The smallest absolute Gasteiger partial charge is 0.356 e. The van der Waals surface area contributed by atoms with E-state index in [2.05, 4.69) is 4.98 Å². The number of carboxylic acid groups (broad SMARTS) is 1. The zero-order valence-corrected chi connectivity index (χ0v) is 10.1. The number of fused-ring (bicyclic) bond motifs is 3.